The molecule has 0 heterocycles. The third-order valence-electron chi connectivity index (χ3n) is 3.40. The Morgan fingerprint density at radius 1 is 1.20 bits per heavy atom. The van der Waals surface area contributed by atoms with Gasteiger partial charge in [-0.25, -0.2) is 4.39 Å². The maximum absolute atomic E-state index is 13.8. The number of halogens is 2. The number of nitrogens with two attached hydrogens (primary N) is 1. The highest BCUT2D eigenvalue weighted by atomic mass is 79.9. The molecule has 2 aromatic rings. The summed E-state index contributed by atoms with van der Waals surface area (Å²) in [4.78, 5) is 0. The van der Waals surface area contributed by atoms with Gasteiger partial charge in [0.25, 0.3) is 0 Å². The molecule has 0 saturated carbocycles. The smallest absolute Gasteiger partial charge is 0.129 e. The van der Waals surface area contributed by atoms with Crippen LogP contribution in [0.2, 0.25) is 0 Å². The molecule has 4 heteroatoms. The van der Waals surface area contributed by atoms with E-state index in [9.17, 15) is 9.50 Å². The van der Waals surface area contributed by atoms with Crippen LogP contribution >= 0.6 is 15.9 Å². The SMILES string of the molecule is CC(CN)c1cccc(C(O)c2cc(Br)ccc2F)c1. The van der Waals surface area contributed by atoms with Crippen molar-refractivity contribution in [3.63, 3.8) is 0 Å². The van der Waals surface area contributed by atoms with E-state index in [2.05, 4.69) is 15.9 Å². The number of aliphatic hydroxyl groups excluding tert-OH is 1. The number of rotatable bonds is 4. The van der Waals surface area contributed by atoms with E-state index in [4.69, 9.17) is 5.73 Å². The molecule has 0 aliphatic carbocycles. The van der Waals surface area contributed by atoms with Gasteiger partial charge in [-0.15, -0.1) is 0 Å². The molecule has 0 aromatic heterocycles. The molecule has 2 rings (SSSR count). The van der Waals surface area contributed by atoms with Gasteiger partial charge in [0.05, 0.1) is 0 Å². The highest BCUT2D eigenvalue weighted by Crippen LogP contribution is 2.28. The summed E-state index contributed by atoms with van der Waals surface area (Å²) in [6, 6.07) is 12.0. The first-order valence-corrected chi connectivity index (χ1v) is 7.25. The maximum atomic E-state index is 13.8. The normalized spacial score (nSPS) is 14.1. The van der Waals surface area contributed by atoms with Crippen LogP contribution in [-0.2, 0) is 0 Å². The number of aliphatic hydroxyl groups is 1. The lowest BCUT2D eigenvalue weighted by Gasteiger charge is -2.16. The van der Waals surface area contributed by atoms with Gasteiger partial charge in [0.15, 0.2) is 0 Å². The van der Waals surface area contributed by atoms with Gasteiger partial charge in [0, 0.05) is 10.0 Å². The molecule has 2 nitrogen and oxygen atoms in total. The first-order valence-electron chi connectivity index (χ1n) is 6.46. The van der Waals surface area contributed by atoms with Crippen molar-refractivity contribution >= 4 is 15.9 Å². The highest BCUT2D eigenvalue weighted by Gasteiger charge is 2.16. The minimum atomic E-state index is -0.988. The van der Waals surface area contributed by atoms with Crippen molar-refractivity contribution in [2.24, 2.45) is 5.73 Å². The monoisotopic (exact) mass is 337 g/mol. The lowest BCUT2D eigenvalue weighted by atomic mass is 9.95. The molecule has 106 valence electrons. The van der Waals surface area contributed by atoms with Gasteiger partial charge in [-0.05, 0) is 41.8 Å². The topological polar surface area (TPSA) is 46.2 Å². The second-order valence-corrected chi connectivity index (χ2v) is 5.79. The van der Waals surface area contributed by atoms with E-state index < -0.39 is 11.9 Å². The third-order valence-corrected chi connectivity index (χ3v) is 3.89. The average molecular weight is 338 g/mol. The lowest BCUT2D eigenvalue weighted by molar-refractivity contribution is 0.214. The van der Waals surface area contributed by atoms with Crippen LogP contribution in [0.1, 0.15) is 35.6 Å². The second-order valence-electron chi connectivity index (χ2n) is 4.88. The summed E-state index contributed by atoms with van der Waals surface area (Å²) in [6.07, 6.45) is -0.988. The summed E-state index contributed by atoms with van der Waals surface area (Å²) in [5, 5.41) is 10.4. The Hall–Kier alpha value is -1.23. The molecule has 2 aromatic carbocycles. The minimum Gasteiger partial charge on any atom is -0.384 e. The van der Waals surface area contributed by atoms with Crippen molar-refractivity contribution in [1.29, 1.82) is 0 Å². The Morgan fingerprint density at radius 2 is 1.90 bits per heavy atom. The lowest BCUT2D eigenvalue weighted by Crippen LogP contribution is -2.10. The van der Waals surface area contributed by atoms with Gasteiger partial charge < -0.3 is 10.8 Å². The van der Waals surface area contributed by atoms with Crippen molar-refractivity contribution in [3.05, 3.63) is 69.4 Å². The molecule has 0 radical (unpaired) electrons. The Morgan fingerprint density at radius 3 is 2.60 bits per heavy atom. The molecule has 20 heavy (non-hydrogen) atoms. The first kappa shape index (κ1) is 15.2. The van der Waals surface area contributed by atoms with Crippen LogP contribution in [0.15, 0.2) is 46.9 Å². The largest absolute Gasteiger partial charge is 0.384 e. The van der Waals surface area contributed by atoms with Crippen molar-refractivity contribution in [2.75, 3.05) is 6.54 Å². The predicted molar refractivity (Wildman–Crippen MR) is 82.1 cm³/mol. The molecule has 0 aliphatic rings. The first-order chi connectivity index (χ1) is 9.52. The quantitative estimate of drug-likeness (QED) is 0.892. The summed E-state index contributed by atoms with van der Waals surface area (Å²) >= 11 is 3.29. The average Bonchev–Trinajstić information content (AvgIpc) is 2.48. The van der Waals surface area contributed by atoms with Gasteiger partial charge in [-0.3, -0.25) is 0 Å². The van der Waals surface area contributed by atoms with Crippen molar-refractivity contribution in [3.8, 4) is 0 Å². The van der Waals surface area contributed by atoms with Crippen LogP contribution in [0.3, 0.4) is 0 Å². The van der Waals surface area contributed by atoms with Crippen molar-refractivity contribution in [2.45, 2.75) is 18.9 Å². The molecule has 0 saturated heterocycles. The number of hydrogen-bond donors (Lipinski definition) is 2. The van der Waals surface area contributed by atoms with Gasteiger partial charge >= 0.3 is 0 Å². The molecule has 0 amide bonds. The van der Waals surface area contributed by atoms with Crippen LogP contribution in [0.4, 0.5) is 4.39 Å². The second kappa shape index (κ2) is 6.48. The molecule has 2 atom stereocenters. The molecule has 0 spiro atoms. The summed E-state index contributed by atoms with van der Waals surface area (Å²) in [6.45, 7) is 2.55. The zero-order chi connectivity index (χ0) is 14.7. The van der Waals surface area contributed by atoms with Crippen LogP contribution in [0.5, 0.6) is 0 Å². The fourth-order valence-corrected chi connectivity index (χ4v) is 2.45. The van der Waals surface area contributed by atoms with Crippen LogP contribution in [0.25, 0.3) is 0 Å². The molecule has 0 bridgehead atoms. The third kappa shape index (κ3) is 3.26. The van der Waals surface area contributed by atoms with Gasteiger partial charge in [-0.2, -0.15) is 0 Å². The molecule has 0 fully saturated rings. The zero-order valence-electron chi connectivity index (χ0n) is 11.2. The maximum Gasteiger partial charge on any atom is 0.129 e. The van der Waals surface area contributed by atoms with Gasteiger partial charge in [-0.1, -0.05) is 47.1 Å². The van der Waals surface area contributed by atoms with E-state index in [0.29, 0.717) is 12.1 Å². The predicted octanol–water partition coefficient (Wildman–Crippen LogP) is 3.73. The molecule has 2 unspecified atom stereocenters. The summed E-state index contributed by atoms with van der Waals surface area (Å²) in [5.74, 6) is -0.215. The van der Waals surface area contributed by atoms with E-state index in [1.54, 1.807) is 18.2 Å². The van der Waals surface area contributed by atoms with Gasteiger partial charge in [0.2, 0.25) is 0 Å². The number of benzene rings is 2. The van der Waals surface area contributed by atoms with Gasteiger partial charge in [0.1, 0.15) is 11.9 Å². The Balaban J connectivity index is 2.38. The Kier molecular flexibility index (Phi) is 4.91. The van der Waals surface area contributed by atoms with Crippen LogP contribution < -0.4 is 5.73 Å². The summed E-state index contributed by atoms with van der Waals surface area (Å²) in [5.41, 5.74) is 7.63. The van der Waals surface area contributed by atoms with Crippen LogP contribution in [-0.4, -0.2) is 11.7 Å². The van der Waals surface area contributed by atoms with E-state index in [1.165, 1.54) is 6.07 Å². The Labute approximate surface area is 126 Å². The summed E-state index contributed by atoms with van der Waals surface area (Å²) in [7, 11) is 0. The molecule has 0 aliphatic heterocycles. The molecular formula is C16H17BrFNO. The zero-order valence-corrected chi connectivity index (χ0v) is 12.8. The summed E-state index contributed by atoms with van der Waals surface area (Å²) < 4.78 is 14.6. The fraction of sp³-hybridized carbons (Fsp3) is 0.250. The van der Waals surface area contributed by atoms with E-state index >= 15 is 0 Å². The minimum absolute atomic E-state index is 0.203. The number of hydrogen-bond acceptors (Lipinski definition) is 2. The Bertz CT molecular complexity index is 603. The molecular weight excluding hydrogens is 321 g/mol. The van der Waals surface area contributed by atoms with Crippen molar-refractivity contribution in [1.82, 2.24) is 0 Å². The van der Waals surface area contributed by atoms with E-state index in [-0.39, 0.29) is 11.5 Å². The van der Waals surface area contributed by atoms with Crippen molar-refractivity contribution < 1.29 is 9.50 Å². The highest BCUT2D eigenvalue weighted by molar-refractivity contribution is 9.10. The molecule has 3 N–H and O–H groups in total. The van der Waals surface area contributed by atoms with E-state index in [0.717, 1.165) is 10.0 Å². The van der Waals surface area contributed by atoms with E-state index in [1.807, 2.05) is 25.1 Å². The fourth-order valence-electron chi connectivity index (χ4n) is 2.08. The van der Waals surface area contributed by atoms with Crippen LogP contribution in [0, 0.1) is 5.82 Å². The standard InChI is InChI=1S/C16H17BrFNO/c1-10(9-19)11-3-2-4-12(7-11)16(20)14-8-13(17)5-6-15(14)18/h2-8,10,16,20H,9,19H2,1H3.